The first kappa shape index (κ1) is 23.0. The molecule has 0 amide bonds. The molecule has 33 heavy (non-hydrogen) atoms. The van der Waals surface area contributed by atoms with Crippen molar-refractivity contribution in [2.45, 2.75) is 78.6 Å². The van der Waals surface area contributed by atoms with Gasteiger partial charge in [-0.2, -0.15) is 0 Å². The third kappa shape index (κ3) is 4.51. The summed E-state index contributed by atoms with van der Waals surface area (Å²) in [6, 6.07) is 4.02. The van der Waals surface area contributed by atoms with Crippen molar-refractivity contribution in [1.82, 2.24) is 30.6 Å². The third-order valence-corrected chi connectivity index (χ3v) is 6.37. The molecule has 0 aromatic carbocycles. The molecule has 0 aliphatic heterocycles. The fourth-order valence-electron chi connectivity index (χ4n) is 5.15. The summed E-state index contributed by atoms with van der Waals surface area (Å²) in [5, 5.41) is 25.3. The molecule has 3 aromatic rings. The van der Waals surface area contributed by atoms with E-state index in [-0.39, 0.29) is 5.41 Å². The molecule has 0 radical (unpaired) electrons. The fourth-order valence-corrected chi connectivity index (χ4v) is 5.15. The number of aliphatic carboxylic acids is 1. The number of carbonyl (C=O) groups is 1. The Morgan fingerprint density at radius 3 is 2.52 bits per heavy atom. The molecular formula is C25H32N6O2. The van der Waals surface area contributed by atoms with E-state index in [0.29, 0.717) is 23.5 Å². The van der Waals surface area contributed by atoms with E-state index in [0.717, 1.165) is 60.2 Å². The summed E-state index contributed by atoms with van der Waals surface area (Å²) in [7, 11) is 0. The highest BCUT2D eigenvalue weighted by molar-refractivity contribution is 5.90. The number of fused-ring (bicyclic) bond motifs is 1. The first-order valence-electron chi connectivity index (χ1n) is 11.6. The van der Waals surface area contributed by atoms with E-state index in [1.165, 1.54) is 0 Å². The van der Waals surface area contributed by atoms with Crippen LogP contribution in [0, 0.1) is 12.3 Å². The second kappa shape index (κ2) is 8.65. The molecule has 0 bridgehead atoms. The third-order valence-electron chi connectivity index (χ3n) is 6.37. The zero-order valence-electron chi connectivity index (χ0n) is 20.1. The van der Waals surface area contributed by atoms with Gasteiger partial charge in [0.25, 0.3) is 0 Å². The van der Waals surface area contributed by atoms with E-state index in [4.69, 9.17) is 4.98 Å². The van der Waals surface area contributed by atoms with E-state index < -0.39 is 11.4 Å². The van der Waals surface area contributed by atoms with Gasteiger partial charge in [0.05, 0.1) is 11.3 Å². The molecule has 8 heteroatoms. The second-order valence-corrected chi connectivity index (χ2v) is 10.5. The minimum Gasteiger partial charge on any atom is -0.481 e. The van der Waals surface area contributed by atoms with Gasteiger partial charge >= 0.3 is 5.97 Å². The Bertz CT molecular complexity index is 1170. The molecule has 2 N–H and O–H groups in total. The van der Waals surface area contributed by atoms with Gasteiger partial charge in [-0.15, -0.1) is 5.10 Å². The zero-order chi connectivity index (χ0) is 23.8. The van der Waals surface area contributed by atoms with Crippen molar-refractivity contribution in [2.24, 2.45) is 5.41 Å². The fraction of sp³-hybridized carbons (Fsp3) is 0.520. The van der Waals surface area contributed by atoms with Crippen LogP contribution in [0.25, 0.3) is 22.5 Å². The highest BCUT2D eigenvalue weighted by Crippen LogP contribution is 2.46. The summed E-state index contributed by atoms with van der Waals surface area (Å²) in [6.07, 6.45) is 7.17. The van der Waals surface area contributed by atoms with Crippen molar-refractivity contribution < 1.29 is 9.90 Å². The molecule has 8 nitrogen and oxygen atoms in total. The molecule has 174 valence electrons. The predicted molar refractivity (Wildman–Crippen MR) is 126 cm³/mol. The largest absolute Gasteiger partial charge is 0.481 e. The first-order chi connectivity index (χ1) is 15.6. The van der Waals surface area contributed by atoms with Gasteiger partial charge in [0, 0.05) is 17.6 Å². The van der Waals surface area contributed by atoms with Crippen molar-refractivity contribution in [3.63, 3.8) is 0 Å². The molecule has 0 saturated heterocycles. The number of hydrogen-bond acceptors (Lipinski definition) is 6. The maximum absolute atomic E-state index is 12.8. The number of tetrazole rings is 1. The molecule has 3 heterocycles. The molecule has 1 aliphatic rings. The standard InChI is InChI=1S/C25H32N6O2/c1-15-13-16(11-12-26-15)19-17-9-7-6-8-10-18(17)27-21(20(19)22-28-30-31-29-22)25(5,23(32)33)14-24(2,3)4/h11-13H,6-10,14H2,1-5H3,(H,32,33)(H,28,29,30,31). The predicted octanol–water partition coefficient (Wildman–Crippen LogP) is 4.68. The van der Waals surface area contributed by atoms with Gasteiger partial charge in [-0.05, 0) is 90.6 Å². The van der Waals surface area contributed by atoms with Gasteiger partial charge in [0.15, 0.2) is 5.82 Å². The van der Waals surface area contributed by atoms with Crippen LogP contribution in [0.1, 0.15) is 76.0 Å². The average molecular weight is 449 g/mol. The lowest BCUT2D eigenvalue weighted by Gasteiger charge is -2.34. The van der Waals surface area contributed by atoms with Crippen LogP contribution in [0.5, 0.6) is 0 Å². The van der Waals surface area contributed by atoms with E-state index in [1.54, 1.807) is 13.1 Å². The molecule has 1 aliphatic carbocycles. The minimum atomic E-state index is -1.22. The summed E-state index contributed by atoms with van der Waals surface area (Å²) in [6.45, 7) is 9.91. The van der Waals surface area contributed by atoms with Crippen molar-refractivity contribution in [1.29, 1.82) is 0 Å². The number of nitrogens with zero attached hydrogens (tertiary/aromatic N) is 5. The maximum atomic E-state index is 12.8. The van der Waals surface area contributed by atoms with Crippen LogP contribution in [-0.2, 0) is 23.1 Å². The van der Waals surface area contributed by atoms with Crippen molar-refractivity contribution in [2.75, 3.05) is 0 Å². The molecular weight excluding hydrogens is 416 g/mol. The van der Waals surface area contributed by atoms with Crippen molar-refractivity contribution in [3.05, 3.63) is 41.0 Å². The van der Waals surface area contributed by atoms with Crippen molar-refractivity contribution in [3.8, 4) is 22.5 Å². The van der Waals surface area contributed by atoms with Gasteiger partial charge in [-0.3, -0.25) is 14.8 Å². The molecule has 1 atom stereocenters. The topological polar surface area (TPSA) is 118 Å². The molecule has 4 rings (SSSR count). The number of rotatable bonds is 5. The van der Waals surface area contributed by atoms with Gasteiger partial charge in [0.1, 0.15) is 5.41 Å². The Hall–Kier alpha value is -3.16. The van der Waals surface area contributed by atoms with Gasteiger partial charge in [-0.1, -0.05) is 27.2 Å². The van der Waals surface area contributed by atoms with Crippen LogP contribution >= 0.6 is 0 Å². The van der Waals surface area contributed by atoms with Crippen LogP contribution in [0.4, 0.5) is 0 Å². The maximum Gasteiger partial charge on any atom is 0.315 e. The Balaban J connectivity index is 2.14. The summed E-state index contributed by atoms with van der Waals surface area (Å²) >= 11 is 0. The van der Waals surface area contributed by atoms with E-state index in [2.05, 4.69) is 46.4 Å². The number of carboxylic acid groups (broad SMARTS) is 1. The van der Waals surface area contributed by atoms with Crippen LogP contribution < -0.4 is 0 Å². The second-order valence-electron chi connectivity index (χ2n) is 10.5. The van der Waals surface area contributed by atoms with Gasteiger partial charge in [-0.25, -0.2) is 5.10 Å². The molecule has 0 spiro atoms. The van der Waals surface area contributed by atoms with Gasteiger partial charge in [0.2, 0.25) is 0 Å². The van der Waals surface area contributed by atoms with Crippen LogP contribution in [0.2, 0.25) is 0 Å². The van der Waals surface area contributed by atoms with Crippen LogP contribution in [-0.4, -0.2) is 41.7 Å². The van der Waals surface area contributed by atoms with E-state index in [1.807, 2.05) is 19.1 Å². The lowest BCUT2D eigenvalue weighted by molar-refractivity contribution is -0.144. The molecule has 0 saturated carbocycles. The van der Waals surface area contributed by atoms with Crippen molar-refractivity contribution >= 4 is 5.97 Å². The summed E-state index contributed by atoms with van der Waals surface area (Å²) in [5.74, 6) is -0.459. The molecule has 3 aromatic heterocycles. The number of nitrogens with one attached hydrogen (secondary N) is 1. The lowest BCUT2D eigenvalue weighted by atomic mass is 9.70. The monoisotopic (exact) mass is 448 g/mol. The zero-order valence-corrected chi connectivity index (χ0v) is 20.1. The quantitative estimate of drug-likeness (QED) is 0.544. The number of pyridine rings is 2. The first-order valence-corrected chi connectivity index (χ1v) is 11.6. The Morgan fingerprint density at radius 1 is 1.12 bits per heavy atom. The Morgan fingerprint density at radius 2 is 1.88 bits per heavy atom. The number of H-pyrrole nitrogens is 1. The van der Waals surface area contributed by atoms with Crippen LogP contribution in [0.15, 0.2) is 18.3 Å². The summed E-state index contributed by atoms with van der Waals surface area (Å²) in [5.41, 5.74) is 4.76. The highest BCUT2D eigenvalue weighted by Gasteiger charge is 2.44. The number of carboxylic acids is 1. The van der Waals surface area contributed by atoms with Gasteiger partial charge < -0.3 is 5.11 Å². The van der Waals surface area contributed by atoms with E-state index >= 15 is 0 Å². The number of aromatic nitrogens is 6. The normalized spacial score (nSPS) is 16.0. The van der Waals surface area contributed by atoms with Crippen LogP contribution in [0.3, 0.4) is 0 Å². The summed E-state index contributed by atoms with van der Waals surface area (Å²) < 4.78 is 0. The molecule has 1 unspecified atom stereocenters. The van der Waals surface area contributed by atoms with E-state index in [9.17, 15) is 9.90 Å². The smallest absolute Gasteiger partial charge is 0.315 e. The number of aromatic amines is 1. The molecule has 0 fully saturated rings. The Kier molecular flexibility index (Phi) is 6.03. The minimum absolute atomic E-state index is 0.230. The number of hydrogen-bond donors (Lipinski definition) is 2. The Labute approximate surface area is 194 Å². The average Bonchev–Trinajstić information content (AvgIpc) is 3.16. The SMILES string of the molecule is Cc1cc(-c2c3c(nc(C(C)(CC(C)(C)C)C(=O)O)c2-c2nnn[nH]2)CCCCC3)ccn1. The lowest BCUT2D eigenvalue weighted by Crippen LogP contribution is -2.38. The summed E-state index contributed by atoms with van der Waals surface area (Å²) in [4.78, 5) is 22.3. The number of aryl methyl sites for hydroxylation is 2. The highest BCUT2D eigenvalue weighted by atomic mass is 16.4.